The van der Waals surface area contributed by atoms with E-state index in [0.29, 0.717) is 18.0 Å². The number of carbonyl (C=O) groups excluding carboxylic acids is 1. The van der Waals surface area contributed by atoms with E-state index in [-0.39, 0.29) is 12.4 Å². The summed E-state index contributed by atoms with van der Waals surface area (Å²) < 4.78 is 30.4. The summed E-state index contributed by atoms with van der Waals surface area (Å²) in [6.07, 6.45) is 4.33. The van der Waals surface area contributed by atoms with Crippen molar-refractivity contribution in [1.82, 2.24) is 5.32 Å². The number of hydrogen-bond acceptors (Lipinski definition) is 6. The van der Waals surface area contributed by atoms with Crippen molar-refractivity contribution in [3.05, 3.63) is 35.9 Å². The van der Waals surface area contributed by atoms with Crippen LogP contribution >= 0.6 is 0 Å². The molecule has 0 fully saturated rings. The van der Waals surface area contributed by atoms with Crippen molar-refractivity contribution in [2.24, 2.45) is 4.99 Å². The van der Waals surface area contributed by atoms with Gasteiger partial charge >= 0.3 is 0 Å². The minimum Gasteiger partial charge on any atom is -0.491 e. The number of ketones is 1. The Labute approximate surface area is 141 Å². The van der Waals surface area contributed by atoms with E-state index in [0.717, 1.165) is 18.4 Å². The highest BCUT2D eigenvalue weighted by molar-refractivity contribution is 7.92. The first-order valence-electron chi connectivity index (χ1n) is 7.56. The van der Waals surface area contributed by atoms with Gasteiger partial charge in [0.15, 0.2) is 5.78 Å². The molecule has 8 heteroatoms. The molecular weight excluding hydrogens is 330 g/mol. The van der Waals surface area contributed by atoms with E-state index >= 15 is 0 Å². The summed E-state index contributed by atoms with van der Waals surface area (Å²) in [5, 5.41) is 3.14. The number of carbonyl (C=O) groups is 1. The molecule has 1 aromatic rings. The average molecular weight is 351 g/mol. The summed E-state index contributed by atoms with van der Waals surface area (Å²) in [5.74, 6) is 0.366. The van der Waals surface area contributed by atoms with E-state index < -0.39 is 16.1 Å². The molecule has 1 aliphatic heterocycles. The van der Waals surface area contributed by atoms with Gasteiger partial charge in [-0.3, -0.25) is 14.5 Å². The topological polar surface area (TPSA) is 96.9 Å². The minimum absolute atomic E-state index is 0.0998. The third-order valence-corrected chi connectivity index (χ3v) is 3.81. The number of sulfonamides is 1. The number of dihydropyridines is 1. The summed E-state index contributed by atoms with van der Waals surface area (Å²) in [6.45, 7) is 3.52. The second-order valence-corrected chi connectivity index (χ2v) is 7.16. The number of benzene rings is 1. The highest BCUT2D eigenvalue weighted by Crippen LogP contribution is 2.19. The Morgan fingerprint density at radius 2 is 2.12 bits per heavy atom. The van der Waals surface area contributed by atoms with Crippen LogP contribution in [-0.2, 0) is 14.8 Å². The lowest BCUT2D eigenvalue weighted by Crippen LogP contribution is -2.29. The monoisotopic (exact) mass is 351 g/mol. The van der Waals surface area contributed by atoms with Crippen molar-refractivity contribution in [2.45, 2.75) is 13.0 Å². The summed E-state index contributed by atoms with van der Waals surface area (Å²) in [4.78, 5) is 16.3. The summed E-state index contributed by atoms with van der Waals surface area (Å²) >= 11 is 0. The van der Waals surface area contributed by atoms with Crippen LogP contribution in [0.4, 0.5) is 5.69 Å². The fourth-order valence-electron chi connectivity index (χ4n) is 2.11. The number of aliphatic imine (C=N–C) groups is 1. The van der Waals surface area contributed by atoms with Crippen molar-refractivity contribution in [1.29, 1.82) is 0 Å². The number of nitrogens with zero attached hydrogens (tertiary/aromatic N) is 1. The maximum absolute atomic E-state index is 12.1. The molecule has 24 heavy (non-hydrogen) atoms. The van der Waals surface area contributed by atoms with Gasteiger partial charge in [0.2, 0.25) is 10.0 Å². The molecule has 1 aromatic carbocycles. The fraction of sp³-hybridized carbons (Fsp3) is 0.375. The molecule has 1 aliphatic rings. The molecule has 0 aliphatic carbocycles. The summed E-state index contributed by atoms with van der Waals surface area (Å²) in [6, 6.07) is 5.96. The molecule has 2 rings (SSSR count). The van der Waals surface area contributed by atoms with Crippen LogP contribution in [0.3, 0.4) is 0 Å². The molecule has 0 saturated carbocycles. The third-order valence-electron chi connectivity index (χ3n) is 3.20. The van der Waals surface area contributed by atoms with Gasteiger partial charge in [0.1, 0.15) is 18.4 Å². The molecule has 0 spiro atoms. The van der Waals surface area contributed by atoms with Gasteiger partial charge in [0.05, 0.1) is 11.9 Å². The number of ether oxygens (including phenoxy) is 1. The number of likely N-dealkylation sites (N-methyl/N-ethyl adjacent to an activating group) is 1. The molecule has 1 atom stereocenters. The maximum atomic E-state index is 12.1. The quantitative estimate of drug-likeness (QED) is 0.728. The molecule has 0 amide bonds. The highest BCUT2D eigenvalue weighted by Gasteiger charge is 2.19. The first kappa shape index (κ1) is 18.2. The Morgan fingerprint density at radius 1 is 1.33 bits per heavy atom. The Bertz CT molecular complexity index is 756. The summed E-state index contributed by atoms with van der Waals surface area (Å²) in [7, 11) is -3.35. The van der Waals surface area contributed by atoms with Crippen molar-refractivity contribution in [2.75, 3.05) is 30.7 Å². The zero-order valence-corrected chi connectivity index (χ0v) is 14.5. The van der Waals surface area contributed by atoms with E-state index in [1.54, 1.807) is 36.6 Å². The van der Waals surface area contributed by atoms with E-state index in [1.807, 2.05) is 6.92 Å². The van der Waals surface area contributed by atoms with Crippen LogP contribution in [-0.4, -0.2) is 52.4 Å². The van der Waals surface area contributed by atoms with Gasteiger partial charge in [-0.25, -0.2) is 8.42 Å². The summed E-state index contributed by atoms with van der Waals surface area (Å²) in [5.41, 5.74) is 1.25. The first-order chi connectivity index (χ1) is 11.4. The zero-order chi connectivity index (χ0) is 17.6. The van der Waals surface area contributed by atoms with Gasteiger partial charge in [-0.1, -0.05) is 13.0 Å². The molecule has 0 bridgehead atoms. The molecule has 0 radical (unpaired) electrons. The lowest BCUT2D eigenvalue weighted by Gasteiger charge is -2.16. The van der Waals surface area contributed by atoms with Gasteiger partial charge in [0.25, 0.3) is 0 Å². The van der Waals surface area contributed by atoms with Crippen molar-refractivity contribution in [3.63, 3.8) is 0 Å². The average Bonchev–Trinajstić information content (AvgIpc) is 2.50. The van der Waals surface area contributed by atoms with Crippen molar-refractivity contribution < 1.29 is 17.9 Å². The van der Waals surface area contributed by atoms with Gasteiger partial charge < -0.3 is 10.1 Å². The van der Waals surface area contributed by atoms with Crippen LogP contribution in [0, 0.1) is 0 Å². The minimum atomic E-state index is -3.35. The zero-order valence-electron chi connectivity index (χ0n) is 13.7. The molecular formula is C16H21N3O4S. The third kappa shape index (κ3) is 5.78. The SMILES string of the molecule is CCNCC1=CC(=O)C(COc2cccc(NS(C)(=O)=O)c2)N=C1. The van der Waals surface area contributed by atoms with Gasteiger partial charge in [-0.2, -0.15) is 0 Å². The van der Waals surface area contributed by atoms with Crippen LogP contribution in [0.15, 0.2) is 40.9 Å². The smallest absolute Gasteiger partial charge is 0.229 e. The lowest BCUT2D eigenvalue weighted by atomic mass is 10.1. The van der Waals surface area contributed by atoms with E-state index in [4.69, 9.17) is 4.74 Å². The number of hydrogen-bond donors (Lipinski definition) is 2. The van der Waals surface area contributed by atoms with Crippen LogP contribution in [0.2, 0.25) is 0 Å². The Hall–Kier alpha value is -2.19. The Balaban J connectivity index is 1.93. The number of anilines is 1. The molecule has 0 aromatic heterocycles. The second kappa shape index (κ2) is 8.07. The van der Waals surface area contributed by atoms with Gasteiger partial charge in [-0.15, -0.1) is 0 Å². The molecule has 7 nitrogen and oxygen atoms in total. The Morgan fingerprint density at radius 3 is 2.79 bits per heavy atom. The van der Waals surface area contributed by atoms with E-state index in [2.05, 4.69) is 15.0 Å². The largest absolute Gasteiger partial charge is 0.491 e. The van der Waals surface area contributed by atoms with Crippen LogP contribution < -0.4 is 14.8 Å². The highest BCUT2D eigenvalue weighted by atomic mass is 32.2. The molecule has 1 unspecified atom stereocenters. The first-order valence-corrected chi connectivity index (χ1v) is 9.45. The molecule has 2 N–H and O–H groups in total. The predicted molar refractivity (Wildman–Crippen MR) is 94.3 cm³/mol. The standard InChI is InChI=1S/C16H21N3O4S/c1-3-17-9-12-7-16(20)15(18-10-12)11-23-14-6-4-5-13(8-14)19-24(2,21)22/h4-8,10,15,17,19H,3,9,11H2,1-2H3. The Kier molecular flexibility index (Phi) is 6.10. The van der Waals surface area contributed by atoms with Gasteiger partial charge in [0, 0.05) is 18.8 Å². The number of rotatable bonds is 8. The molecule has 0 saturated heterocycles. The van der Waals surface area contributed by atoms with Gasteiger partial charge in [-0.05, 0) is 30.3 Å². The molecule has 1 heterocycles. The fourth-order valence-corrected chi connectivity index (χ4v) is 2.66. The maximum Gasteiger partial charge on any atom is 0.229 e. The van der Waals surface area contributed by atoms with E-state index in [1.165, 1.54) is 0 Å². The van der Waals surface area contributed by atoms with Crippen molar-refractivity contribution >= 4 is 27.7 Å². The van der Waals surface area contributed by atoms with E-state index in [9.17, 15) is 13.2 Å². The van der Waals surface area contributed by atoms with Crippen LogP contribution in [0.5, 0.6) is 5.75 Å². The number of nitrogens with one attached hydrogen (secondary N) is 2. The van der Waals surface area contributed by atoms with Crippen molar-refractivity contribution in [3.8, 4) is 5.75 Å². The van der Waals surface area contributed by atoms with Crippen LogP contribution in [0.1, 0.15) is 6.92 Å². The second-order valence-electron chi connectivity index (χ2n) is 5.41. The van der Waals surface area contributed by atoms with Crippen LogP contribution in [0.25, 0.3) is 0 Å². The normalized spacial score (nSPS) is 17.5. The lowest BCUT2D eigenvalue weighted by molar-refractivity contribution is -0.116. The molecule has 130 valence electrons. The predicted octanol–water partition coefficient (Wildman–Crippen LogP) is 0.995.